The van der Waals surface area contributed by atoms with Gasteiger partial charge >= 0.3 is 5.97 Å². The number of carboxylic acid groups (broad SMARTS) is 1. The molecular weight excluding hydrogens is 228 g/mol. The molecule has 82 valence electrons. The Morgan fingerprint density at radius 1 is 1.56 bits per heavy atom. The molecule has 0 bridgehead atoms. The predicted molar refractivity (Wildman–Crippen MR) is 56.3 cm³/mol. The van der Waals surface area contributed by atoms with Gasteiger partial charge in [-0.1, -0.05) is 11.8 Å². The lowest BCUT2D eigenvalue weighted by Crippen LogP contribution is -2.01. The number of nitrogens with zero attached hydrogens (tertiary/aromatic N) is 4. The van der Waals surface area contributed by atoms with Crippen molar-refractivity contribution in [1.82, 2.24) is 20.0 Å². The molecule has 0 aromatic carbocycles. The Bertz CT molecular complexity index is 526. The van der Waals surface area contributed by atoms with Crippen LogP contribution in [0.1, 0.15) is 10.4 Å². The molecular formula is C9H8N4O2S. The van der Waals surface area contributed by atoms with Crippen molar-refractivity contribution in [3.05, 3.63) is 30.2 Å². The standard InChI is InChI=1S/C9H8N4O2S/c1-13-5-6(4-11-13)16-8-7(9(14)15)2-3-10-12-8/h2-5H,1H3,(H,14,15). The molecule has 0 atom stereocenters. The smallest absolute Gasteiger partial charge is 0.338 e. The van der Waals surface area contributed by atoms with Gasteiger partial charge in [-0.15, -0.1) is 5.10 Å². The first-order valence-corrected chi connectivity index (χ1v) is 5.20. The first kappa shape index (κ1) is 10.6. The molecule has 0 fully saturated rings. The molecule has 2 heterocycles. The predicted octanol–water partition coefficient (Wildman–Crippen LogP) is 1.06. The Balaban J connectivity index is 2.31. The van der Waals surface area contributed by atoms with Gasteiger partial charge in [-0.2, -0.15) is 10.2 Å². The lowest BCUT2D eigenvalue weighted by Gasteiger charge is -2.00. The minimum atomic E-state index is -1.01. The van der Waals surface area contributed by atoms with Gasteiger partial charge in [0.15, 0.2) is 0 Å². The highest BCUT2D eigenvalue weighted by molar-refractivity contribution is 7.99. The third-order valence-corrected chi connectivity index (χ3v) is 2.75. The highest BCUT2D eigenvalue weighted by Gasteiger charge is 2.13. The zero-order chi connectivity index (χ0) is 11.5. The molecule has 16 heavy (non-hydrogen) atoms. The quantitative estimate of drug-likeness (QED) is 0.858. The van der Waals surface area contributed by atoms with Crippen molar-refractivity contribution in [3.63, 3.8) is 0 Å². The summed E-state index contributed by atoms with van der Waals surface area (Å²) in [6.07, 6.45) is 4.78. The van der Waals surface area contributed by atoms with E-state index in [0.717, 1.165) is 4.90 Å². The van der Waals surface area contributed by atoms with E-state index in [2.05, 4.69) is 15.3 Å². The van der Waals surface area contributed by atoms with Crippen molar-refractivity contribution >= 4 is 17.7 Å². The summed E-state index contributed by atoms with van der Waals surface area (Å²) in [5.41, 5.74) is 0.142. The van der Waals surface area contributed by atoms with Crippen LogP contribution >= 0.6 is 11.8 Å². The van der Waals surface area contributed by atoms with Crippen LogP contribution in [0.15, 0.2) is 34.6 Å². The second-order valence-electron chi connectivity index (χ2n) is 3.01. The summed E-state index contributed by atoms with van der Waals surface area (Å²) < 4.78 is 1.64. The van der Waals surface area contributed by atoms with E-state index in [9.17, 15) is 4.79 Å². The Labute approximate surface area is 95.3 Å². The van der Waals surface area contributed by atoms with Crippen LogP contribution in [0.2, 0.25) is 0 Å². The van der Waals surface area contributed by atoms with E-state index in [1.54, 1.807) is 24.1 Å². The lowest BCUT2D eigenvalue weighted by atomic mass is 10.3. The fraction of sp³-hybridized carbons (Fsp3) is 0.111. The molecule has 2 aromatic rings. The molecule has 0 saturated carbocycles. The lowest BCUT2D eigenvalue weighted by molar-refractivity contribution is 0.0692. The van der Waals surface area contributed by atoms with Gasteiger partial charge < -0.3 is 5.11 Å². The van der Waals surface area contributed by atoms with Crippen LogP contribution in [0.25, 0.3) is 0 Å². The molecule has 0 unspecified atom stereocenters. The van der Waals surface area contributed by atoms with Gasteiger partial charge in [-0.05, 0) is 6.07 Å². The maximum atomic E-state index is 10.9. The monoisotopic (exact) mass is 236 g/mol. The van der Waals surface area contributed by atoms with Gasteiger partial charge in [0, 0.05) is 13.2 Å². The Kier molecular flexibility index (Phi) is 2.86. The molecule has 7 heteroatoms. The van der Waals surface area contributed by atoms with Crippen LogP contribution in [-0.4, -0.2) is 31.1 Å². The van der Waals surface area contributed by atoms with Crippen LogP contribution in [0.3, 0.4) is 0 Å². The minimum absolute atomic E-state index is 0.142. The second kappa shape index (κ2) is 4.31. The number of carboxylic acids is 1. The van der Waals surface area contributed by atoms with Gasteiger partial charge in [0.2, 0.25) is 0 Å². The molecule has 0 saturated heterocycles. The van der Waals surface area contributed by atoms with Gasteiger partial charge in [-0.3, -0.25) is 4.68 Å². The van der Waals surface area contributed by atoms with Crippen LogP contribution in [0, 0.1) is 0 Å². The molecule has 6 nitrogen and oxygen atoms in total. The Hall–Kier alpha value is -1.89. The summed E-state index contributed by atoms with van der Waals surface area (Å²) in [5.74, 6) is -1.01. The molecule has 0 amide bonds. The molecule has 0 spiro atoms. The average Bonchev–Trinajstić information content (AvgIpc) is 2.64. The van der Waals surface area contributed by atoms with Crippen molar-refractivity contribution in [2.75, 3.05) is 0 Å². The van der Waals surface area contributed by atoms with Crippen LogP contribution < -0.4 is 0 Å². The van der Waals surface area contributed by atoms with Crippen molar-refractivity contribution in [3.8, 4) is 0 Å². The van der Waals surface area contributed by atoms with Crippen LogP contribution in [0.4, 0.5) is 0 Å². The Morgan fingerprint density at radius 2 is 2.38 bits per heavy atom. The highest BCUT2D eigenvalue weighted by Crippen LogP contribution is 2.27. The third-order valence-electron chi connectivity index (χ3n) is 1.81. The molecule has 0 aliphatic carbocycles. The zero-order valence-corrected chi connectivity index (χ0v) is 9.18. The summed E-state index contributed by atoms with van der Waals surface area (Å²) in [6.45, 7) is 0. The van der Waals surface area contributed by atoms with Gasteiger partial charge in [-0.25, -0.2) is 4.79 Å². The van der Waals surface area contributed by atoms with Gasteiger partial charge in [0.25, 0.3) is 0 Å². The summed E-state index contributed by atoms with van der Waals surface area (Å²) in [7, 11) is 1.79. The van der Waals surface area contributed by atoms with Gasteiger partial charge in [0.1, 0.15) is 5.03 Å². The maximum Gasteiger partial charge on any atom is 0.338 e. The molecule has 1 N–H and O–H groups in total. The zero-order valence-electron chi connectivity index (χ0n) is 8.36. The summed E-state index contributed by atoms with van der Waals surface area (Å²) in [5, 5.41) is 20.8. The van der Waals surface area contributed by atoms with E-state index in [-0.39, 0.29) is 5.56 Å². The number of aryl methyl sites for hydroxylation is 1. The minimum Gasteiger partial charge on any atom is -0.478 e. The molecule has 0 radical (unpaired) electrons. The number of aromatic carboxylic acids is 1. The SMILES string of the molecule is Cn1cc(Sc2nnccc2C(=O)O)cn1. The van der Waals surface area contributed by atoms with E-state index < -0.39 is 5.97 Å². The number of hydrogen-bond acceptors (Lipinski definition) is 5. The fourth-order valence-corrected chi connectivity index (χ4v) is 2.00. The first-order chi connectivity index (χ1) is 7.66. The highest BCUT2D eigenvalue weighted by atomic mass is 32.2. The summed E-state index contributed by atoms with van der Waals surface area (Å²) >= 11 is 1.23. The van der Waals surface area contributed by atoms with E-state index in [0.29, 0.717) is 5.03 Å². The average molecular weight is 236 g/mol. The molecule has 2 rings (SSSR count). The van der Waals surface area contributed by atoms with E-state index in [4.69, 9.17) is 5.11 Å². The Morgan fingerprint density at radius 3 is 3.00 bits per heavy atom. The third kappa shape index (κ3) is 2.19. The maximum absolute atomic E-state index is 10.9. The van der Waals surface area contributed by atoms with E-state index in [1.807, 2.05) is 0 Å². The summed E-state index contributed by atoms with van der Waals surface area (Å²) in [4.78, 5) is 11.7. The fourth-order valence-electron chi connectivity index (χ4n) is 1.12. The molecule has 2 aromatic heterocycles. The van der Waals surface area contributed by atoms with Crippen molar-refractivity contribution in [1.29, 1.82) is 0 Å². The number of rotatable bonds is 3. The number of aromatic nitrogens is 4. The van der Waals surface area contributed by atoms with Crippen molar-refractivity contribution in [2.24, 2.45) is 7.05 Å². The first-order valence-electron chi connectivity index (χ1n) is 4.38. The van der Waals surface area contributed by atoms with Crippen molar-refractivity contribution in [2.45, 2.75) is 9.92 Å². The second-order valence-corrected chi connectivity index (χ2v) is 4.07. The van der Waals surface area contributed by atoms with Crippen LogP contribution in [0.5, 0.6) is 0 Å². The molecule has 0 aliphatic rings. The van der Waals surface area contributed by atoms with Gasteiger partial charge in [0.05, 0.1) is 22.9 Å². The van der Waals surface area contributed by atoms with E-state index >= 15 is 0 Å². The number of hydrogen-bond donors (Lipinski definition) is 1. The number of carbonyl (C=O) groups is 1. The van der Waals surface area contributed by atoms with Crippen LogP contribution in [-0.2, 0) is 7.05 Å². The van der Waals surface area contributed by atoms with E-state index in [1.165, 1.54) is 24.0 Å². The largest absolute Gasteiger partial charge is 0.478 e. The van der Waals surface area contributed by atoms with Crippen molar-refractivity contribution < 1.29 is 9.90 Å². The molecule has 0 aliphatic heterocycles. The normalized spacial score (nSPS) is 10.3. The topological polar surface area (TPSA) is 80.9 Å². The summed E-state index contributed by atoms with van der Waals surface area (Å²) in [6, 6.07) is 1.42.